The van der Waals surface area contributed by atoms with Crippen LogP contribution in [0.15, 0.2) is 0 Å². The molecule has 2 rings (SSSR count). The van der Waals surface area contributed by atoms with Gasteiger partial charge in [-0.1, -0.05) is 6.92 Å². The van der Waals surface area contributed by atoms with Crippen molar-refractivity contribution in [1.29, 1.82) is 0 Å². The van der Waals surface area contributed by atoms with E-state index in [0.717, 1.165) is 12.6 Å². The Balaban J connectivity index is 1.62. The number of likely N-dealkylation sites (tertiary alicyclic amines) is 1. The lowest BCUT2D eigenvalue weighted by molar-refractivity contribution is 0.00379. The largest absolute Gasteiger partial charge is 0.378 e. The van der Waals surface area contributed by atoms with Gasteiger partial charge in [-0.15, -0.1) is 0 Å². The Labute approximate surface area is 112 Å². The van der Waals surface area contributed by atoms with Gasteiger partial charge in [0.2, 0.25) is 0 Å². The number of nitrogens with zero attached hydrogens (tertiary/aromatic N) is 1. The fraction of sp³-hybridized carbons (Fsp3) is 1.00. The van der Waals surface area contributed by atoms with Crippen LogP contribution in [0.1, 0.15) is 51.9 Å². The van der Waals surface area contributed by atoms with E-state index in [0.29, 0.717) is 6.10 Å². The zero-order valence-electron chi connectivity index (χ0n) is 12.0. The van der Waals surface area contributed by atoms with Gasteiger partial charge in [-0.3, -0.25) is 0 Å². The summed E-state index contributed by atoms with van der Waals surface area (Å²) < 4.78 is 5.82. The molecule has 0 saturated carbocycles. The molecule has 1 N–H and O–H groups in total. The highest BCUT2D eigenvalue weighted by atomic mass is 16.5. The van der Waals surface area contributed by atoms with Gasteiger partial charge in [-0.25, -0.2) is 0 Å². The number of ether oxygens (including phenoxy) is 1. The van der Waals surface area contributed by atoms with Gasteiger partial charge in [-0.2, -0.15) is 0 Å². The monoisotopic (exact) mass is 254 g/mol. The maximum absolute atomic E-state index is 5.82. The summed E-state index contributed by atoms with van der Waals surface area (Å²) in [5.41, 5.74) is 0. The minimum atomic E-state index is 0.544. The normalized spacial score (nSPS) is 30.5. The summed E-state index contributed by atoms with van der Waals surface area (Å²) in [5, 5.41) is 3.67. The third-order valence-electron chi connectivity index (χ3n) is 4.23. The van der Waals surface area contributed by atoms with Crippen molar-refractivity contribution < 1.29 is 4.74 Å². The molecule has 2 saturated heterocycles. The second-order valence-electron chi connectivity index (χ2n) is 5.87. The second-order valence-corrected chi connectivity index (χ2v) is 5.87. The molecule has 2 unspecified atom stereocenters. The maximum Gasteiger partial charge on any atom is 0.0587 e. The lowest BCUT2D eigenvalue weighted by Crippen LogP contribution is -2.46. The Bertz CT molecular complexity index is 217. The predicted molar refractivity (Wildman–Crippen MR) is 76.0 cm³/mol. The van der Waals surface area contributed by atoms with E-state index in [2.05, 4.69) is 17.1 Å². The predicted octanol–water partition coefficient (Wildman–Crippen LogP) is 2.41. The number of piperidine rings is 1. The number of hydrogen-bond acceptors (Lipinski definition) is 3. The van der Waals surface area contributed by atoms with E-state index in [1.54, 1.807) is 0 Å². The van der Waals surface area contributed by atoms with E-state index in [1.165, 1.54) is 71.1 Å². The third-order valence-corrected chi connectivity index (χ3v) is 4.23. The number of hydrogen-bond donors (Lipinski definition) is 1. The number of rotatable bonds is 6. The van der Waals surface area contributed by atoms with Crippen molar-refractivity contribution in [3.05, 3.63) is 0 Å². The first-order chi connectivity index (χ1) is 8.88. The molecule has 0 radical (unpaired) electrons. The van der Waals surface area contributed by atoms with Crippen molar-refractivity contribution in [3.63, 3.8) is 0 Å². The molecule has 2 heterocycles. The van der Waals surface area contributed by atoms with Crippen molar-refractivity contribution in [3.8, 4) is 0 Å². The first-order valence-corrected chi connectivity index (χ1v) is 7.96. The standard InChI is InChI=1S/C15H30N2O/c1-2-9-16-14-6-5-10-17(13-14)11-8-15-7-3-4-12-18-15/h14-16H,2-13H2,1H3. The van der Waals surface area contributed by atoms with Crippen LogP contribution >= 0.6 is 0 Å². The van der Waals surface area contributed by atoms with Gasteiger partial charge in [0, 0.05) is 25.7 Å². The Morgan fingerprint density at radius 2 is 2.17 bits per heavy atom. The zero-order valence-corrected chi connectivity index (χ0v) is 12.0. The summed E-state index contributed by atoms with van der Waals surface area (Å²) >= 11 is 0. The summed E-state index contributed by atoms with van der Waals surface area (Å²) in [6.07, 6.45) is 9.65. The Morgan fingerprint density at radius 3 is 2.94 bits per heavy atom. The molecule has 0 bridgehead atoms. The lowest BCUT2D eigenvalue weighted by Gasteiger charge is -2.34. The molecule has 2 aliphatic rings. The van der Waals surface area contributed by atoms with Crippen molar-refractivity contribution in [2.24, 2.45) is 0 Å². The van der Waals surface area contributed by atoms with Gasteiger partial charge in [0.05, 0.1) is 6.10 Å². The molecule has 3 heteroatoms. The molecular formula is C15H30N2O. The van der Waals surface area contributed by atoms with Crippen molar-refractivity contribution in [2.45, 2.75) is 64.0 Å². The smallest absolute Gasteiger partial charge is 0.0587 e. The van der Waals surface area contributed by atoms with Crippen molar-refractivity contribution in [2.75, 3.05) is 32.8 Å². The summed E-state index contributed by atoms with van der Waals surface area (Å²) in [7, 11) is 0. The fourth-order valence-electron chi connectivity index (χ4n) is 3.14. The van der Waals surface area contributed by atoms with Gasteiger partial charge in [0.1, 0.15) is 0 Å². The summed E-state index contributed by atoms with van der Waals surface area (Å²) in [6, 6.07) is 0.728. The Morgan fingerprint density at radius 1 is 1.22 bits per heavy atom. The van der Waals surface area contributed by atoms with Crippen LogP contribution in [0.4, 0.5) is 0 Å². The Hall–Kier alpha value is -0.120. The topological polar surface area (TPSA) is 24.5 Å². The molecule has 0 spiro atoms. The molecule has 0 aromatic carbocycles. The van der Waals surface area contributed by atoms with Crippen LogP contribution in [0.5, 0.6) is 0 Å². The van der Waals surface area contributed by atoms with Gasteiger partial charge in [0.25, 0.3) is 0 Å². The third kappa shape index (κ3) is 4.87. The maximum atomic E-state index is 5.82. The molecule has 18 heavy (non-hydrogen) atoms. The molecule has 106 valence electrons. The average molecular weight is 254 g/mol. The molecular weight excluding hydrogens is 224 g/mol. The van der Waals surface area contributed by atoms with E-state index in [4.69, 9.17) is 4.74 Å². The average Bonchev–Trinajstić information content (AvgIpc) is 2.44. The molecule has 0 aromatic rings. The molecule has 2 fully saturated rings. The van der Waals surface area contributed by atoms with Gasteiger partial charge >= 0.3 is 0 Å². The molecule has 0 aromatic heterocycles. The SMILES string of the molecule is CCCNC1CCCN(CCC2CCCCO2)C1. The highest BCUT2D eigenvalue weighted by Crippen LogP contribution is 2.17. The highest BCUT2D eigenvalue weighted by Gasteiger charge is 2.21. The lowest BCUT2D eigenvalue weighted by atomic mass is 10.0. The van der Waals surface area contributed by atoms with E-state index in [-0.39, 0.29) is 0 Å². The van der Waals surface area contributed by atoms with E-state index in [9.17, 15) is 0 Å². The molecule has 0 amide bonds. The molecule has 0 aliphatic carbocycles. The molecule has 2 atom stereocenters. The zero-order chi connectivity index (χ0) is 12.6. The second kappa shape index (κ2) is 8.13. The first-order valence-electron chi connectivity index (χ1n) is 7.96. The minimum Gasteiger partial charge on any atom is -0.378 e. The molecule has 3 nitrogen and oxygen atoms in total. The summed E-state index contributed by atoms with van der Waals surface area (Å²) in [4.78, 5) is 2.63. The van der Waals surface area contributed by atoms with Gasteiger partial charge < -0.3 is 15.0 Å². The van der Waals surface area contributed by atoms with Gasteiger partial charge in [-0.05, 0) is 58.0 Å². The van der Waals surface area contributed by atoms with Crippen LogP contribution in [0.25, 0.3) is 0 Å². The summed E-state index contributed by atoms with van der Waals surface area (Å²) in [5.74, 6) is 0. The van der Waals surface area contributed by atoms with Crippen LogP contribution < -0.4 is 5.32 Å². The minimum absolute atomic E-state index is 0.544. The van der Waals surface area contributed by atoms with E-state index in [1.807, 2.05) is 0 Å². The van der Waals surface area contributed by atoms with E-state index >= 15 is 0 Å². The first kappa shape index (κ1) is 14.3. The van der Waals surface area contributed by atoms with Crippen molar-refractivity contribution >= 4 is 0 Å². The van der Waals surface area contributed by atoms with E-state index < -0.39 is 0 Å². The quantitative estimate of drug-likeness (QED) is 0.788. The van der Waals surface area contributed by atoms with Crippen LogP contribution in [0, 0.1) is 0 Å². The fourth-order valence-corrected chi connectivity index (χ4v) is 3.14. The molecule has 2 aliphatic heterocycles. The Kier molecular flexibility index (Phi) is 6.46. The number of nitrogens with one attached hydrogen (secondary N) is 1. The summed E-state index contributed by atoms with van der Waals surface area (Å²) in [6.45, 7) is 8.17. The van der Waals surface area contributed by atoms with Crippen LogP contribution in [-0.4, -0.2) is 49.8 Å². The van der Waals surface area contributed by atoms with Crippen LogP contribution in [-0.2, 0) is 4.74 Å². The van der Waals surface area contributed by atoms with Gasteiger partial charge in [0.15, 0.2) is 0 Å². The van der Waals surface area contributed by atoms with Crippen molar-refractivity contribution in [1.82, 2.24) is 10.2 Å². The van der Waals surface area contributed by atoms with Crippen LogP contribution in [0.3, 0.4) is 0 Å². The van der Waals surface area contributed by atoms with Crippen LogP contribution in [0.2, 0.25) is 0 Å². The highest BCUT2D eigenvalue weighted by molar-refractivity contribution is 4.78.